The first kappa shape index (κ1) is 20.3. The van der Waals surface area contributed by atoms with Crippen LogP contribution in [-0.4, -0.2) is 53.7 Å². The molecule has 28 heavy (non-hydrogen) atoms. The third kappa shape index (κ3) is 5.11. The summed E-state index contributed by atoms with van der Waals surface area (Å²) in [5.74, 6) is 1.41. The van der Waals surface area contributed by atoms with Crippen LogP contribution in [0.25, 0.3) is 0 Å². The van der Waals surface area contributed by atoms with Gasteiger partial charge in [-0.3, -0.25) is 4.79 Å². The van der Waals surface area contributed by atoms with Gasteiger partial charge in [-0.25, -0.2) is 18.1 Å². The first-order valence-corrected chi connectivity index (χ1v) is 11.0. The van der Waals surface area contributed by atoms with Gasteiger partial charge in [0.2, 0.25) is 10.0 Å². The van der Waals surface area contributed by atoms with Crippen molar-refractivity contribution in [3.05, 3.63) is 48.0 Å². The summed E-state index contributed by atoms with van der Waals surface area (Å²) in [7, 11) is -1.38. The Labute approximate surface area is 165 Å². The Bertz CT molecular complexity index is 908. The molecule has 2 aromatic rings. The van der Waals surface area contributed by atoms with Crippen molar-refractivity contribution in [3.8, 4) is 5.75 Å². The van der Waals surface area contributed by atoms with Crippen LogP contribution in [0.15, 0.2) is 36.7 Å². The smallest absolute Gasteiger partial charge is 0.253 e. The van der Waals surface area contributed by atoms with E-state index in [1.807, 2.05) is 17.8 Å². The normalized spacial score (nSPS) is 17.5. The molecule has 1 saturated heterocycles. The van der Waals surface area contributed by atoms with Crippen molar-refractivity contribution in [1.29, 1.82) is 0 Å². The van der Waals surface area contributed by atoms with Crippen LogP contribution < -0.4 is 9.46 Å². The minimum atomic E-state index is -3.28. The number of piperidine rings is 1. The zero-order valence-electron chi connectivity index (χ0n) is 16.2. The lowest BCUT2D eigenvalue weighted by Gasteiger charge is -2.33. The zero-order valence-corrected chi connectivity index (χ0v) is 17.0. The zero-order chi connectivity index (χ0) is 20.1. The predicted octanol–water partition coefficient (Wildman–Crippen LogP) is 1.54. The lowest BCUT2D eigenvalue weighted by Crippen LogP contribution is -2.49. The number of ether oxygens (including phenoxy) is 1. The molecule has 1 atom stereocenters. The highest BCUT2D eigenvalue weighted by Gasteiger charge is 2.26. The summed E-state index contributed by atoms with van der Waals surface area (Å²) in [5.41, 5.74) is 0.559. The highest BCUT2D eigenvalue weighted by Crippen LogP contribution is 2.18. The van der Waals surface area contributed by atoms with Crippen LogP contribution in [0.2, 0.25) is 0 Å². The number of likely N-dealkylation sites (tertiary alicyclic amines) is 1. The van der Waals surface area contributed by atoms with Crippen LogP contribution in [0.5, 0.6) is 5.75 Å². The molecular formula is C19H26N4O4S. The average molecular weight is 407 g/mol. The molecule has 1 aliphatic rings. The molecule has 0 saturated carbocycles. The fraction of sp³-hybridized carbons (Fsp3) is 0.474. The number of carbonyl (C=O) groups is 1. The van der Waals surface area contributed by atoms with E-state index in [0.717, 1.165) is 18.7 Å². The summed E-state index contributed by atoms with van der Waals surface area (Å²) < 4.78 is 33.8. The third-order valence-corrected chi connectivity index (χ3v) is 6.28. The summed E-state index contributed by atoms with van der Waals surface area (Å²) in [4.78, 5) is 18.7. The summed E-state index contributed by atoms with van der Waals surface area (Å²) in [5, 5.41) is 0. The molecule has 1 unspecified atom stereocenters. The number of rotatable bonds is 7. The summed E-state index contributed by atoms with van der Waals surface area (Å²) in [6.07, 6.45) is 5.08. The maximum atomic E-state index is 12.8. The number of nitrogens with zero attached hydrogens (tertiary/aromatic N) is 3. The van der Waals surface area contributed by atoms with Gasteiger partial charge in [0.15, 0.2) is 0 Å². The van der Waals surface area contributed by atoms with Crippen molar-refractivity contribution < 1.29 is 17.9 Å². The molecule has 2 heterocycles. The van der Waals surface area contributed by atoms with E-state index >= 15 is 0 Å². The van der Waals surface area contributed by atoms with Crippen LogP contribution in [0.1, 0.15) is 35.9 Å². The summed E-state index contributed by atoms with van der Waals surface area (Å²) in [6, 6.07) is 6.75. The summed E-state index contributed by atoms with van der Waals surface area (Å²) >= 11 is 0. The average Bonchev–Trinajstić information content (AvgIpc) is 3.11. The van der Waals surface area contributed by atoms with Gasteiger partial charge >= 0.3 is 0 Å². The molecule has 1 amide bonds. The first-order chi connectivity index (χ1) is 13.4. The topological polar surface area (TPSA) is 93.5 Å². The van der Waals surface area contributed by atoms with Crippen LogP contribution in [0, 0.1) is 0 Å². The Balaban J connectivity index is 1.58. The minimum Gasteiger partial charge on any atom is -0.486 e. The van der Waals surface area contributed by atoms with Crippen LogP contribution in [0.3, 0.4) is 0 Å². The van der Waals surface area contributed by atoms with Crippen molar-refractivity contribution >= 4 is 15.9 Å². The van der Waals surface area contributed by atoms with Crippen LogP contribution in [-0.2, 0) is 23.7 Å². The second-order valence-electron chi connectivity index (χ2n) is 6.88. The SMILES string of the molecule is CCS(=O)(=O)NC1CCCN(C(=O)c2ccc(OCc3nccn3C)cc2)C1. The van der Waals surface area contributed by atoms with Crippen LogP contribution in [0.4, 0.5) is 0 Å². The highest BCUT2D eigenvalue weighted by atomic mass is 32.2. The van der Waals surface area contributed by atoms with E-state index in [9.17, 15) is 13.2 Å². The lowest BCUT2D eigenvalue weighted by atomic mass is 10.1. The molecule has 0 aliphatic carbocycles. The van der Waals surface area contributed by atoms with E-state index in [4.69, 9.17) is 4.74 Å². The quantitative estimate of drug-likeness (QED) is 0.753. The Morgan fingerprint density at radius 1 is 1.32 bits per heavy atom. The number of carbonyl (C=O) groups excluding carboxylic acids is 1. The standard InChI is InChI=1S/C19H26N4O4S/c1-3-28(25,26)21-16-5-4-11-23(13-16)19(24)15-6-8-17(9-7-15)27-14-18-20-10-12-22(18)2/h6-10,12,16,21H,3-5,11,13-14H2,1-2H3. The Hall–Kier alpha value is -2.39. The van der Waals surface area contributed by atoms with Crippen LogP contribution >= 0.6 is 0 Å². The van der Waals surface area contributed by atoms with Gasteiger partial charge in [0, 0.05) is 44.1 Å². The number of benzene rings is 1. The van der Waals surface area contributed by atoms with Gasteiger partial charge in [-0.15, -0.1) is 0 Å². The van der Waals surface area contributed by atoms with Crippen molar-refractivity contribution in [2.24, 2.45) is 7.05 Å². The van der Waals surface area contributed by atoms with Gasteiger partial charge in [0.25, 0.3) is 5.91 Å². The number of aromatic nitrogens is 2. The van der Waals surface area contributed by atoms with Gasteiger partial charge in [0.05, 0.1) is 5.75 Å². The lowest BCUT2D eigenvalue weighted by molar-refractivity contribution is 0.0703. The molecule has 0 bridgehead atoms. The molecule has 1 aromatic heterocycles. The largest absolute Gasteiger partial charge is 0.486 e. The van der Waals surface area contributed by atoms with E-state index in [0.29, 0.717) is 31.0 Å². The van der Waals surface area contributed by atoms with E-state index in [1.54, 1.807) is 42.3 Å². The molecule has 3 rings (SSSR count). The van der Waals surface area contributed by atoms with Crippen molar-refractivity contribution in [2.75, 3.05) is 18.8 Å². The maximum Gasteiger partial charge on any atom is 0.253 e. The first-order valence-electron chi connectivity index (χ1n) is 9.36. The van der Waals surface area contributed by atoms with Gasteiger partial charge in [0.1, 0.15) is 18.2 Å². The van der Waals surface area contributed by atoms with Gasteiger partial charge in [-0.05, 0) is 44.0 Å². The number of nitrogens with one attached hydrogen (secondary N) is 1. The maximum absolute atomic E-state index is 12.8. The number of amides is 1. The Kier molecular flexibility index (Phi) is 6.35. The molecule has 0 radical (unpaired) electrons. The van der Waals surface area contributed by atoms with Gasteiger partial charge in [-0.1, -0.05) is 0 Å². The van der Waals surface area contributed by atoms with E-state index < -0.39 is 10.0 Å². The minimum absolute atomic E-state index is 0.0389. The second kappa shape index (κ2) is 8.74. The number of hydrogen-bond donors (Lipinski definition) is 1. The Morgan fingerprint density at radius 2 is 2.07 bits per heavy atom. The molecule has 9 heteroatoms. The van der Waals surface area contributed by atoms with Crippen molar-refractivity contribution in [2.45, 2.75) is 32.4 Å². The Morgan fingerprint density at radius 3 is 2.71 bits per heavy atom. The van der Waals surface area contributed by atoms with Crippen molar-refractivity contribution in [1.82, 2.24) is 19.2 Å². The fourth-order valence-electron chi connectivity index (χ4n) is 3.15. The fourth-order valence-corrected chi connectivity index (χ4v) is 4.02. The van der Waals surface area contributed by atoms with E-state index in [2.05, 4.69) is 9.71 Å². The molecule has 0 spiro atoms. The number of aryl methyl sites for hydroxylation is 1. The summed E-state index contributed by atoms with van der Waals surface area (Å²) in [6.45, 7) is 2.96. The molecule has 1 aromatic carbocycles. The second-order valence-corrected chi connectivity index (χ2v) is 8.92. The van der Waals surface area contributed by atoms with E-state index in [-0.39, 0.29) is 17.7 Å². The number of sulfonamides is 1. The molecule has 1 N–H and O–H groups in total. The molecule has 1 fully saturated rings. The van der Waals surface area contributed by atoms with Gasteiger partial charge < -0.3 is 14.2 Å². The molecule has 1 aliphatic heterocycles. The third-order valence-electron chi connectivity index (χ3n) is 4.83. The predicted molar refractivity (Wildman–Crippen MR) is 106 cm³/mol. The molecular weight excluding hydrogens is 380 g/mol. The molecule has 8 nitrogen and oxygen atoms in total. The van der Waals surface area contributed by atoms with Gasteiger partial charge in [-0.2, -0.15) is 0 Å². The number of hydrogen-bond acceptors (Lipinski definition) is 5. The number of imidazole rings is 1. The highest BCUT2D eigenvalue weighted by molar-refractivity contribution is 7.89. The monoisotopic (exact) mass is 406 g/mol. The van der Waals surface area contributed by atoms with E-state index in [1.165, 1.54) is 0 Å². The molecule has 152 valence electrons. The van der Waals surface area contributed by atoms with Crippen molar-refractivity contribution in [3.63, 3.8) is 0 Å².